The first-order valence-electron chi connectivity index (χ1n) is 13.2. The summed E-state index contributed by atoms with van der Waals surface area (Å²) in [6.45, 7) is 11.0. The Morgan fingerprint density at radius 2 is 1.70 bits per heavy atom. The van der Waals surface area contributed by atoms with Gasteiger partial charge in [0.15, 0.2) is 0 Å². The zero-order valence-corrected chi connectivity index (χ0v) is 19.7. The molecule has 170 valence electrons. The first-order chi connectivity index (χ1) is 14.3. The molecule has 4 aliphatic carbocycles. The van der Waals surface area contributed by atoms with Gasteiger partial charge in [0.2, 0.25) is 0 Å². The quantitative estimate of drug-likeness (QED) is 0.559. The summed E-state index contributed by atoms with van der Waals surface area (Å²) in [7, 11) is 0. The molecule has 0 aromatic rings. The molecule has 0 aromatic heterocycles. The molecule has 0 amide bonds. The molecule has 0 bridgehead atoms. The van der Waals surface area contributed by atoms with E-state index in [1.165, 1.54) is 44.9 Å². The lowest BCUT2D eigenvalue weighted by molar-refractivity contribution is -0.175. The molecule has 4 saturated carbocycles. The topological polar surface area (TPSA) is 38.7 Å². The number of fused-ring (bicyclic) bond motifs is 7. The molecule has 2 heterocycles. The van der Waals surface area contributed by atoms with E-state index in [-0.39, 0.29) is 11.7 Å². The molecule has 0 aromatic carbocycles. The lowest BCUT2D eigenvalue weighted by atomic mass is 9.45. The van der Waals surface area contributed by atoms with Crippen molar-refractivity contribution in [1.29, 1.82) is 0 Å². The summed E-state index contributed by atoms with van der Waals surface area (Å²) in [6.07, 6.45) is 13.1. The van der Waals surface area contributed by atoms with Gasteiger partial charge in [0, 0.05) is 13.0 Å². The summed E-state index contributed by atoms with van der Waals surface area (Å²) in [5, 5.41) is 10.3. The van der Waals surface area contributed by atoms with Crippen LogP contribution in [0.2, 0.25) is 0 Å². The molecule has 3 nitrogen and oxygen atoms in total. The summed E-state index contributed by atoms with van der Waals surface area (Å²) in [6, 6.07) is 0. The van der Waals surface area contributed by atoms with E-state index in [0.717, 1.165) is 43.6 Å². The van der Waals surface area contributed by atoms with Crippen LogP contribution in [0.25, 0.3) is 0 Å². The predicted molar refractivity (Wildman–Crippen MR) is 118 cm³/mol. The molecule has 6 fully saturated rings. The Morgan fingerprint density at radius 3 is 2.47 bits per heavy atom. The Morgan fingerprint density at radius 1 is 0.900 bits per heavy atom. The fourth-order valence-corrected chi connectivity index (χ4v) is 10.1. The Bertz CT molecular complexity index is 684. The molecule has 5 unspecified atom stereocenters. The van der Waals surface area contributed by atoms with Gasteiger partial charge in [-0.1, -0.05) is 27.7 Å². The highest BCUT2D eigenvalue weighted by Gasteiger charge is 2.69. The van der Waals surface area contributed by atoms with Gasteiger partial charge < -0.3 is 14.6 Å². The maximum absolute atomic E-state index is 10.3. The number of rotatable bonds is 0. The van der Waals surface area contributed by atoms with E-state index in [2.05, 4.69) is 27.7 Å². The second-order valence-corrected chi connectivity index (χ2v) is 13.2. The van der Waals surface area contributed by atoms with Crippen LogP contribution in [-0.2, 0) is 9.47 Å². The number of aliphatic hydroxyl groups is 1. The summed E-state index contributed by atoms with van der Waals surface area (Å²) in [5.74, 6) is 4.28. The van der Waals surface area contributed by atoms with E-state index in [1.54, 1.807) is 0 Å². The van der Waals surface area contributed by atoms with Crippen molar-refractivity contribution in [1.82, 2.24) is 0 Å². The van der Waals surface area contributed by atoms with Gasteiger partial charge in [-0.2, -0.15) is 0 Å². The summed E-state index contributed by atoms with van der Waals surface area (Å²) < 4.78 is 13.7. The maximum Gasteiger partial charge on any atom is 0.0736 e. The average Bonchev–Trinajstić information content (AvgIpc) is 3.16. The molecular formula is C27H44O3. The summed E-state index contributed by atoms with van der Waals surface area (Å²) in [5.41, 5.74) is 0.856. The second-order valence-electron chi connectivity index (χ2n) is 13.2. The number of aliphatic hydroxyl groups excluding tert-OH is 1. The van der Waals surface area contributed by atoms with Crippen LogP contribution in [0.4, 0.5) is 0 Å². The number of ether oxygens (including phenoxy) is 2. The van der Waals surface area contributed by atoms with Crippen molar-refractivity contribution < 1.29 is 14.6 Å². The molecule has 12 atom stereocenters. The Hall–Kier alpha value is -0.120. The SMILES string of the molecule is CC1C2C(CC13CC[C@H](C)CO3)O[C@H]1[C@@H]3CC[C@@H]4C[C@@H](O)CC[C@]4(C)[C@H]3CCC21C. The van der Waals surface area contributed by atoms with E-state index in [1.807, 2.05) is 0 Å². The molecule has 6 rings (SSSR count). The predicted octanol–water partition coefficient (Wildman–Crippen LogP) is 5.59. The standard InChI is InChI=1S/C27H44O3/c1-16-7-12-27(29-15-16)14-22-23(17(27)2)26(4)11-9-21-20(24(26)30-22)6-5-18-13-19(28)8-10-25(18,21)3/h16-24,28H,5-15H2,1-4H3/t16-,17?,18+,19-,20+,21-,22?,23?,24-,25-,26?,27?/m0/s1. The van der Waals surface area contributed by atoms with Gasteiger partial charge in [-0.05, 0) is 104 Å². The molecule has 30 heavy (non-hydrogen) atoms. The van der Waals surface area contributed by atoms with Gasteiger partial charge in [0.1, 0.15) is 0 Å². The molecule has 1 spiro atoms. The van der Waals surface area contributed by atoms with Crippen molar-refractivity contribution in [2.24, 2.45) is 46.3 Å². The van der Waals surface area contributed by atoms with E-state index >= 15 is 0 Å². The Kier molecular flexibility index (Phi) is 4.58. The number of hydrogen-bond donors (Lipinski definition) is 1. The van der Waals surface area contributed by atoms with Crippen LogP contribution >= 0.6 is 0 Å². The average molecular weight is 417 g/mol. The molecule has 0 radical (unpaired) electrons. The van der Waals surface area contributed by atoms with Crippen LogP contribution in [0.1, 0.15) is 91.9 Å². The molecule has 1 N–H and O–H groups in total. The van der Waals surface area contributed by atoms with Crippen LogP contribution < -0.4 is 0 Å². The largest absolute Gasteiger partial charge is 0.393 e. The van der Waals surface area contributed by atoms with Crippen molar-refractivity contribution in [3.8, 4) is 0 Å². The molecular weight excluding hydrogens is 372 g/mol. The molecule has 3 heteroatoms. The fraction of sp³-hybridized carbons (Fsp3) is 1.00. The third-order valence-corrected chi connectivity index (χ3v) is 11.9. The van der Waals surface area contributed by atoms with Crippen LogP contribution in [0, 0.1) is 46.3 Å². The van der Waals surface area contributed by atoms with Crippen LogP contribution in [0.5, 0.6) is 0 Å². The van der Waals surface area contributed by atoms with Crippen LogP contribution in [0.3, 0.4) is 0 Å². The minimum absolute atomic E-state index is 0.0502. The lowest BCUT2D eigenvalue weighted by Crippen LogP contribution is -2.57. The highest BCUT2D eigenvalue weighted by atomic mass is 16.5. The maximum atomic E-state index is 10.3. The van der Waals surface area contributed by atoms with E-state index in [0.29, 0.717) is 40.8 Å². The van der Waals surface area contributed by atoms with Gasteiger partial charge in [-0.3, -0.25) is 0 Å². The van der Waals surface area contributed by atoms with E-state index in [4.69, 9.17) is 9.47 Å². The Labute approximate surface area is 183 Å². The zero-order chi connectivity index (χ0) is 20.9. The molecule has 6 aliphatic rings. The van der Waals surface area contributed by atoms with Crippen molar-refractivity contribution in [2.45, 2.75) is 116 Å². The van der Waals surface area contributed by atoms with E-state index in [9.17, 15) is 5.11 Å². The fourth-order valence-electron chi connectivity index (χ4n) is 10.1. The first-order valence-corrected chi connectivity index (χ1v) is 13.2. The molecule has 2 saturated heterocycles. The van der Waals surface area contributed by atoms with Crippen molar-refractivity contribution in [2.75, 3.05) is 6.61 Å². The van der Waals surface area contributed by atoms with Crippen molar-refractivity contribution >= 4 is 0 Å². The van der Waals surface area contributed by atoms with E-state index < -0.39 is 0 Å². The smallest absolute Gasteiger partial charge is 0.0736 e. The normalized spacial score (nSPS) is 62.5. The minimum atomic E-state index is -0.0502. The van der Waals surface area contributed by atoms with Crippen molar-refractivity contribution in [3.63, 3.8) is 0 Å². The van der Waals surface area contributed by atoms with Crippen LogP contribution in [0.15, 0.2) is 0 Å². The zero-order valence-electron chi connectivity index (χ0n) is 19.7. The summed E-state index contributed by atoms with van der Waals surface area (Å²) >= 11 is 0. The molecule has 2 aliphatic heterocycles. The van der Waals surface area contributed by atoms with Gasteiger partial charge >= 0.3 is 0 Å². The first kappa shape index (κ1) is 20.5. The second kappa shape index (κ2) is 6.70. The number of hydrogen-bond acceptors (Lipinski definition) is 3. The van der Waals surface area contributed by atoms with Gasteiger partial charge in [0.25, 0.3) is 0 Å². The third kappa shape index (κ3) is 2.61. The van der Waals surface area contributed by atoms with Crippen LogP contribution in [-0.4, -0.2) is 35.6 Å². The monoisotopic (exact) mass is 416 g/mol. The Balaban J connectivity index is 1.26. The minimum Gasteiger partial charge on any atom is -0.393 e. The highest BCUT2D eigenvalue weighted by Crippen LogP contribution is 2.69. The summed E-state index contributed by atoms with van der Waals surface area (Å²) in [4.78, 5) is 0. The van der Waals surface area contributed by atoms with Gasteiger partial charge in [-0.25, -0.2) is 0 Å². The van der Waals surface area contributed by atoms with Gasteiger partial charge in [-0.15, -0.1) is 0 Å². The van der Waals surface area contributed by atoms with Gasteiger partial charge in [0.05, 0.1) is 23.9 Å². The third-order valence-electron chi connectivity index (χ3n) is 11.9. The highest BCUT2D eigenvalue weighted by molar-refractivity contribution is 5.17. The lowest BCUT2D eigenvalue weighted by Gasteiger charge is -2.60. The van der Waals surface area contributed by atoms with Crippen molar-refractivity contribution in [3.05, 3.63) is 0 Å².